The van der Waals surface area contributed by atoms with Crippen LogP contribution in [0.25, 0.3) is 0 Å². The molecular weight excluding hydrogens is 390 g/mol. The largest absolute Gasteiger partial charge is 0.343 e. The molecule has 0 radical (unpaired) electrons. The molecule has 7 nitrogen and oxygen atoms in total. The molecule has 2 aliphatic heterocycles. The third kappa shape index (κ3) is 6.27. The number of benzene rings is 1. The summed E-state index contributed by atoms with van der Waals surface area (Å²) in [6.07, 6.45) is 4.67. The van der Waals surface area contributed by atoms with Crippen molar-refractivity contribution >= 4 is 21.8 Å². The van der Waals surface area contributed by atoms with Gasteiger partial charge < -0.3 is 9.80 Å². The molecule has 2 heterocycles. The lowest BCUT2D eigenvalue weighted by atomic mass is 9.90. The van der Waals surface area contributed by atoms with Gasteiger partial charge in [0.25, 0.3) is 0 Å². The Labute approximate surface area is 173 Å². The fraction of sp³-hybridized carbons (Fsp3) is 0.619. The van der Waals surface area contributed by atoms with Crippen LogP contribution in [0.15, 0.2) is 30.3 Å². The SMILES string of the molecule is CS(=O)(=O)N1CCN(C(=O)CCC(=O)N2CCC(Cc3ccccc3)CC2)CC1. The third-order valence-corrected chi connectivity index (χ3v) is 7.25. The normalized spacial score (nSPS) is 19.3. The second kappa shape index (κ2) is 9.71. The van der Waals surface area contributed by atoms with Gasteiger partial charge in [-0.1, -0.05) is 30.3 Å². The summed E-state index contributed by atoms with van der Waals surface area (Å²) < 4.78 is 24.5. The van der Waals surface area contributed by atoms with Crippen LogP contribution in [-0.4, -0.2) is 79.9 Å². The predicted molar refractivity (Wildman–Crippen MR) is 112 cm³/mol. The molecule has 0 bridgehead atoms. The maximum Gasteiger partial charge on any atom is 0.223 e. The van der Waals surface area contributed by atoms with E-state index in [0.29, 0.717) is 32.1 Å². The van der Waals surface area contributed by atoms with Gasteiger partial charge in [0.2, 0.25) is 21.8 Å². The molecule has 1 aromatic carbocycles. The number of piperidine rings is 1. The van der Waals surface area contributed by atoms with Gasteiger partial charge in [-0.15, -0.1) is 0 Å². The first-order chi connectivity index (χ1) is 13.8. The molecule has 0 saturated carbocycles. The molecule has 2 saturated heterocycles. The van der Waals surface area contributed by atoms with E-state index in [2.05, 4.69) is 24.3 Å². The summed E-state index contributed by atoms with van der Waals surface area (Å²) >= 11 is 0. The summed E-state index contributed by atoms with van der Waals surface area (Å²) in [5.74, 6) is 0.589. The van der Waals surface area contributed by atoms with E-state index in [9.17, 15) is 18.0 Å². The summed E-state index contributed by atoms with van der Waals surface area (Å²) in [5, 5.41) is 0. The summed E-state index contributed by atoms with van der Waals surface area (Å²) in [4.78, 5) is 28.4. The second-order valence-electron chi connectivity index (χ2n) is 8.06. The number of carbonyl (C=O) groups excluding carboxylic acids is 2. The lowest BCUT2D eigenvalue weighted by molar-refractivity contribution is -0.138. The second-order valence-corrected chi connectivity index (χ2v) is 10.0. The number of hydrogen-bond acceptors (Lipinski definition) is 4. The Bertz CT molecular complexity index is 796. The quantitative estimate of drug-likeness (QED) is 0.695. The minimum atomic E-state index is -3.21. The number of likely N-dealkylation sites (tertiary alicyclic amines) is 1. The zero-order valence-electron chi connectivity index (χ0n) is 17.1. The Hall–Kier alpha value is -1.93. The van der Waals surface area contributed by atoms with E-state index in [4.69, 9.17) is 0 Å². The molecule has 160 valence electrons. The molecule has 1 aromatic rings. The number of rotatable bonds is 6. The Kier molecular flexibility index (Phi) is 7.29. The number of hydrogen-bond donors (Lipinski definition) is 0. The summed E-state index contributed by atoms with van der Waals surface area (Å²) in [6, 6.07) is 10.5. The van der Waals surface area contributed by atoms with Gasteiger partial charge in [0.15, 0.2) is 0 Å². The molecule has 0 aliphatic carbocycles. The molecule has 8 heteroatoms. The topological polar surface area (TPSA) is 78.0 Å². The van der Waals surface area contributed by atoms with Gasteiger partial charge >= 0.3 is 0 Å². The fourth-order valence-corrected chi connectivity index (χ4v) is 4.96. The van der Waals surface area contributed by atoms with Crippen molar-refractivity contribution in [3.63, 3.8) is 0 Å². The highest BCUT2D eigenvalue weighted by Crippen LogP contribution is 2.22. The lowest BCUT2D eigenvalue weighted by Gasteiger charge is -2.34. The van der Waals surface area contributed by atoms with E-state index in [1.165, 1.54) is 16.1 Å². The average Bonchev–Trinajstić information content (AvgIpc) is 2.72. The summed E-state index contributed by atoms with van der Waals surface area (Å²) in [7, 11) is -3.21. The number of piperazine rings is 1. The van der Waals surface area contributed by atoms with Gasteiger partial charge in [-0.25, -0.2) is 8.42 Å². The maximum absolute atomic E-state index is 12.5. The first-order valence-corrected chi connectivity index (χ1v) is 12.2. The molecule has 2 amide bonds. The van der Waals surface area contributed by atoms with Crippen molar-refractivity contribution in [2.45, 2.75) is 32.1 Å². The Balaban J connectivity index is 1.36. The van der Waals surface area contributed by atoms with Gasteiger partial charge in [-0.3, -0.25) is 9.59 Å². The van der Waals surface area contributed by atoms with E-state index < -0.39 is 10.0 Å². The zero-order valence-corrected chi connectivity index (χ0v) is 17.9. The van der Waals surface area contributed by atoms with Crippen molar-refractivity contribution in [3.05, 3.63) is 35.9 Å². The first kappa shape index (κ1) is 21.8. The lowest BCUT2D eigenvalue weighted by Crippen LogP contribution is -2.50. The number of carbonyl (C=O) groups is 2. The molecule has 0 aromatic heterocycles. The molecule has 2 fully saturated rings. The molecule has 0 N–H and O–H groups in total. The van der Waals surface area contributed by atoms with E-state index in [1.54, 1.807) is 4.90 Å². The van der Waals surface area contributed by atoms with Crippen LogP contribution in [0, 0.1) is 5.92 Å². The van der Waals surface area contributed by atoms with Crippen LogP contribution in [-0.2, 0) is 26.0 Å². The fourth-order valence-electron chi connectivity index (χ4n) is 4.13. The van der Waals surface area contributed by atoms with Gasteiger partial charge in [-0.2, -0.15) is 4.31 Å². The number of nitrogens with zero attached hydrogens (tertiary/aromatic N) is 3. The van der Waals surface area contributed by atoms with Crippen molar-refractivity contribution in [1.82, 2.24) is 14.1 Å². The van der Waals surface area contributed by atoms with E-state index in [1.807, 2.05) is 11.0 Å². The van der Waals surface area contributed by atoms with Crippen LogP contribution in [0.5, 0.6) is 0 Å². The minimum absolute atomic E-state index is 0.0475. The van der Waals surface area contributed by atoms with Gasteiger partial charge in [0.1, 0.15) is 0 Å². The monoisotopic (exact) mass is 421 g/mol. The molecule has 2 aliphatic rings. The Morgan fingerprint density at radius 1 is 0.862 bits per heavy atom. The third-order valence-electron chi connectivity index (χ3n) is 5.95. The summed E-state index contributed by atoms with van der Waals surface area (Å²) in [6.45, 7) is 2.96. The highest BCUT2D eigenvalue weighted by atomic mass is 32.2. The number of sulfonamides is 1. The smallest absolute Gasteiger partial charge is 0.223 e. The van der Waals surface area contributed by atoms with Crippen LogP contribution in [0.1, 0.15) is 31.2 Å². The average molecular weight is 422 g/mol. The zero-order chi connectivity index (χ0) is 20.9. The van der Waals surface area contributed by atoms with Crippen LogP contribution >= 0.6 is 0 Å². The molecule has 0 spiro atoms. The summed E-state index contributed by atoms with van der Waals surface area (Å²) in [5.41, 5.74) is 1.35. The molecule has 0 atom stereocenters. The molecule has 0 unspecified atom stereocenters. The van der Waals surface area contributed by atoms with Crippen LogP contribution in [0.4, 0.5) is 0 Å². The molecule has 29 heavy (non-hydrogen) atoms. The van der Waals surface area contributed by atoms with Crippen molar-refractivity contribution in [1.29, 1.82) is 0 Å². The van der Waals surface area contributed by atoms with E-state index in [-0.39, 0.29) is 24.7 Å². The standard InChI is InChI=1S/C21H31N3O4S/c1-29(27,28)24-15-13-23(14-16-24)21(26)8-7-20(25)22-11-9-19(10-12-22)17-18-5-3-2-4-6-18/h2-6,19H,7-17H2,1H3. The van der Waals surface area contributed by atoms with E-state index in [0.717, 1.165) is 32.4 Å². The van der Waals surface area contributed by atoms with E-state index >= 15 is 0 Å². The Morgan fingerprint density at radius 2 is 1.38 bits per heavy atom. The van der Waals surface area contributed by atoms with Crippen LogP contribution in [0.2, 0.25) is 0 Å². The van der Waals surface area contributed by atoms with Crippen molar-refractivity contribution < 1.29 is 18.0 Å². The number of amides is 2. The first-order valence-electron chi connectivity index (χ1n) is 10.4. The molecular formula is C21H31N3O4S. The van der Waals surface area contributed by atoms with Gasteiger partial charge in [-0.05, 0) is 30.7 Å². The highest BCUT2D eigenvalue weighted by molar-refractivity contribution is 7.88. The van der Waals surface area contributed by atoms with Crippen molar-refractivity contribution in [3.8, 4) is 0 Å². The van der Waals surface area contributed by atoms with Gasteiger partial charge in [0.05, 0.1) is 6.26 Å². The van der Waals surface area contributed by atoms with Crippen molar-refractivity contribution in [2.75, 3.05) is 45.5 Å². The van der Waals surface area contributed by atoms with Gasteiger partial charge in [0, 0.05) is 52.1 Å². The van der Waals surface area contributed by atoms with Crippen LogP contribution in [0.3, 0.4) is 0 Å². The highest BCUT2D eigenvalue weighted by Gasteiger charge is 2.27. The van der Waals surface area contributed by atoms with Crippen LogP contribution < -0.4 is 0 Å². The van der Waals surface area contributed by atoms with Crippen molar-refractivity contribution in [2.24, 2.45) is 5.92 Å². The predicted octanol–water partition coefficient (Wildman–Crippen LogP) is 1.35. The maximum atomic E-state index is 12.5. The molecule has 3 rings (SSSR count). The Morgan fingerprint density at radius 3 is 1.90 bits per heavy atom. The minimum Gasteiger partial charge on any atom is -0.343 e.